The summed E-state index contributed by atoms with van der Waals surface area (Å²) in [4.78, 5) is 9.40. The van der Waals surface area contributed by atoms with Crippen LogP contribution in [0.15, 0.2) is 39.6 Å². The summed E-state index contributed by atoms with van der Waals surface area (Å²) in [6.45, 7) is 6.42. The number of benzene rings is 1. The Labute approximate surface area is 209 Å². The molecule has 1 aliphatic rings. The molecule has 1 aliphatic heterocycles. The van der Waals surface area contributed by atoms with Crippen LogP contribution in [-0.2, 0) is 14.6 Å². The summed E-state index contributed by atoms with van der Waals surface area (Å²) in [5, 5.41) is 3.52. The second-order valence-electron chi connectivity index (χ2n) is 8.97. The summed E-state index contributed by atoms with van der Waals surface area (Å²) < 4.78 is 39.2. The minimum Gasteiger partial charge on any atom is -0.461 e. The molecule has 8 nitrogen and oxygen atoms in total. The molecule has 1 N–H and O–H groups in total. The SMILES string of the molecule is Cc1cc(-c2ccc(Nc3cc(Cl)nc4c3nc(C)n4C3CCCCO3)c(S(C)(=O)=O)c2)oc1C. The van der Waals surface area contributed by atoms with Gasteiger partial charge in [0.25, 0.3) is 0 Å². The number of hydrogen-bond donors (Lipinski definition) is 1. The Bertz CT molecular complexity index is 1520. The first-order chi connectivity index (χ1) is 16.6. The molecule has 35 heavy (non-hydrogen) atoms. The third kappa shape index (κ3) is 4.55. The minimum absolute atomic E-state index is 0.148. The van der Waals surface area contributed by atoms with Gasteiger partial charge >= 0.3 is 0 Å². The number of aromatic nitrogens is 3. The van der Waals surface area contributed by atoms with E-state index in [9.17, 15) is 8.42 Å². The lowest BCUT2D eigenvalue weighted by Gasteiger charge is -2.25. The van der Waals surface area contributed by atoms with Gasteiger partial charge in [0, 0.05) is 24.5 Å². The largest absolute Gasteiger partial charge is 0.461 e. The van der Waals surface area contributed by atoms with Crippen LogP contribution in [-0.4, -0.2) is 35.8 Å². The number of pyridine rings is 1. The highest BCUT2D eigenvalue weighted by Gasteiger charge is 2.24. The van der Waals surface area contributed by atoms with Gasteiger partial charge in [-0.1, -0.05) is 11.6 Å². The Morgan fingerprint density at radius 2 is 1.89 bits per heavy atom. The van der Waals surface area contributed by atoms with Gasteiger partial charge < -0.3 is 14.5 Å². The first kappa shape index (κ1) is 23.8. The fraction of sp³-hybridized carbons (Fsp3) is 0.360. The fourth-order valence-electron chi connectivity index (χ4n) is 4.46. The van der Waals surface area contributed by atoms with Crippen molar-refractivity contribution in [3.63, 3.8) is 0 Å². The second-order valence-corrected chi connectivity index (χ2v) is 11.3. The van der Waals surface area contributed by atoms with Crippen LogP contribution in [0.25, 0.3) is 22.5 Å². The van der Waals surface area contributed by atoms with Crippen LogP contribution in [0.3, 0.4) is 0 Å². The lowest BCUT2D eigenvalue weighted by molar-refractivity contribution is -0.0309. The van der Waals surface area contributed by atoms with Crippen molar-refractivity contribution in [2.45, 2.75) is 51.2 Å². The molecule has 4 heterocycles. The Hall–Kier alpha value is -2.88. The van der Waals surface area contributed by atoms with Crippen molar-refractivity contribution >= 4 is 44.0 Å². The summed E-state index contributed by atoms with van der Waals surface area (Å²) in [6, 6.07) is 8.73. The summed E-state index contributed by atoms with van der Waals surface area (Å²) >= 11 is 6.40. The maximum Gasteiger partial charge on any atom is 0.177 e. The first-order valence-corrected chi connectivity index (χ1v) is 13.7. The highest BCUT2D eigenvalue weighted by molar-refractivity contribution is 7.90. The van der Waals surface area contributed by atoms with Crippen molar-refractivity contribution in [2.75, 3.05) is 18.2 Å². The maximum atomic E-state index is 12.7. The van der Waals surface area contributed by atoms with Crippen molar-refractivity contribution in [1.82, 2.24) is 14.5 Å². The Morgan fingerprint density at radius 1 is 1.09 bits per heavy atom. The molecular formula is C25H27ClN4O4S. The van der Waals surface area contributed by atoms with Gasteiger partial charge in [0.15, 0.2) is 15.5 Å². The van der Waals surface area contributed by atoms with Crippen LogP contribution in [0.1, 0.15) is 42.6 Å². The molecule has 1 fully saturated rings. The van der Waals surface area contributed by atoms with Gasteiger partial charge in [-0.2, -0.15) is 0 Å². The molecule has 10 heteroatoms. The van der Waals surface area contributed by atoms with Crippen LogP contribution >= 0.6 is 11.6 Å². The zero-order valence-electron chi connectivity index (χ0n) is 20.1. The molecule has 1 atom stereocenters. The topological polar surface area (TPSA) is 99.2 Å². The molecule has 5 rings (SSSR count). The number of anilines is 2. The number of nitrogens with zero attached hydrogens (tertiary/aromatic N) is 3. The number of nitrogens with one attached hydrogen (secondary N) is 1. The predicted octanol–water partition coefficient (Wildman–Crippen LogP) is 6.12. The van der Waals surface area contributed by atoms with Crippen molar-refractivity contribution in [1.29, 1.82) is 0 Å². The lowest BCUT2D eigenvalue weighted by Crippen LogP contribution is -2.19. The number of hydrogen-bond acceptors (Lipinski definition) is 7. The van der Waals surface area contributed by atoms with E-state index in [0.717, 1.165) is 36.4 Å². The Balaban J connectivity index is 1.60. The van der Waals surface area contributed by atoms with Gasteiger partial charge in [-0.3, -0.25) is 4.57 Å². The second kappa shape index (κ2) is 8.96. The maximum absolute atomic E-state index is 12.7. The van der Waals surface area contributed by atoms with Crippen molar-refractivity contribution in [3.05, 3.63) is 52.6 Å². The number of ether oxygens (including phenoxy) is 1. The van der Waals surface area contributed by atoms with E-state index in [4.69, 9.17) is 25.7 Å². The van der Waals surface area contributed by atoms with Crippen molar-refractivity contribution < 1.29 is 17.6 Å². The zero-order valence-corrected chi connectivity index (χ0v) is 21.6. The molecular weight excluding hydrogens is 488 g/mol. The number of furan rings is 1. The molecule has 0 amide bonds. The standard InChI is InChI=1S/C25H27ClN4O4S/c1-14-11-20(34-15(14)2)17-8-9-18(21(12-17)35(4,31)32)28-19-13-22(26)29-25-24(19)27-16(3)30(25)23-7-5-6-10-33-23/h8-9,11-13,23H,5-7,10H2,1-4H3,(H,28,29). The molecule has 0 aliphatic carbocycles. The van der Waals surface area contributed by atoms with Crippen LogP contribution in [0.5, 0.6) is 0 Å². The summed E-state index contributed by atoms with van der Waals surface area (Å²) in [6.07, 6.45) is 4.00. The Morgan fingerprint density at radius 3 is 2.54 bits per heavy atom. The van der Waals surface area contributed by atoms with E-state index in [2.05, 4.69) is 10.3 Å². The molecule has 0 saturated carbocycles. The van der Waals surface area contributed by atoms with Crippen molar-refractivity contribution in [2.24, 2.45) is 0 Å². The number of imidazole rings is 1. The molecule has 1 aromatic carbocycles. The molecule has 0 bridgehead atoms. The average Bonchev–Trinajstić information content (AvgIpc) is 3.32. The van der Waals surface area contributed by atoms with Gasteiger partial charge in [-0.05, 0) is 69.9 Å². The number of sulfone groups is 1. The zero-order chi connectivity index (χ0) is 24.9. The third-order valence-corrected chi connectivity index (χ3v) is 7.67. The summed E-state index contributed by atoms with van der Waals surface area (Å²) in [5.74, 6) is 2.17. The van der Waals surface area contributed by atoms with Crippen molar-refractivity contribution in [3.8, 4) is 11.3 Å². The van der Waals surface area contributed by atoms with Crippen LogP contribution in [0.4, 0.5) is 11.4 Å². The molecule has 0 radical (unpaired) electrons. The highest BCUT2D eigenvalue weighted by Crippen LogP contribution is 2.36. The van der Waals surface area contributed by atoms with E-state index < -0.39 is 9.84 Å². The average molecular weight is 515 g/mol. The van der Waals surface area contributed by atoms with E-state index in [0.29, 0.717) is 40.5 Å². The summed E-state index contributed by atoms with van der Waals surface area (Å²) in [7, 11) is -3.57. The lowest BCUT2D eigenvalue weighted by atomic mass is 10.1. The van der Waals surface area contributed by atoms with E-state index in [1.54, 1.807) is 18.2 Å². The smallest absolute Gasteiger partial charge is 0.177 e. The molecule has 4 aromatic rings. The molecule has 3 aromatic heterocycles. The Kier molecular flexibility index (Phi) is 6.11. The molecule has 1 saturated heterocycles. The fourth-order valence-corrected chi connectivity index (χ4v) is 5.50. The monoisotopic (exact) mass is 514 g/mol. The number of rotatable bonds is 5. The van der Waals surface area contributed by atoms with Gasteiger partial charge in [0.1, 0.15) is 34.2 Å². The predicted molar refractivity (Wildman–Crippen MR) is 136 cm³/mol. The van der Waals surface area contributed by atoms with Crippen LogP contribution < -0.4 is 5.32 Å². The quantitative estimate of drug-likeness (QED) is 0.320. The van der Waals surface area contributed by atoms with E-state index in [1.165, 1.54) is 6.26 Å². The first-order valence-electron chi connectivity index (χ1n) is 11.5. The van der Waals surface area contributed by atoms with Crippen LogP contribution in [0.2, 0.25) is 5.15 Å². The van der Waals surface area contributed by atoms with E-state index in [1.807, 2.05) is 37.5 Å². The van der Waals surface area contributed by atoms with Gasteiger partial charge in [-0.25, -0.2) is 18.4 Å². The number of halogens is 1. The third-order valence-electron chi connectivity index (χ3n) is 6.34. The van der Waals surface area contributed by atoms with Gasteiger partial charge in [0.2, 0.25) is 0 Å². The van der Waals surface area contributed by atoms with Gasteiger partial charge in [0.05, 0.1) is 16.3 Å². The van der Waals surface area contributed by atoms with Gasteiger partial charge in [-0.15, -0.1) is 0 Å². The normalized spacial score (nSPS) is 16.7. The minimum atomic E-state index is -3.57. The molecule has 1 unspecified atom stereocenters. The molecule has 184 valence electrons. The number of aryl methyl sites for hydroxylation is 3. The van der Waals surface area contributed by atoms with E-state index in [-0.39, 0.29) is 16.3 Å². The number of fused-ring (bicyclic) bond motifs is 1. The van der Waals surface area contributed by atoms with Crippen LogP contribution in [0, 0.1) is 20.8 Å². The highest BCUT2D eigenvalue weighted by atomic mass is 35.5. The summed E-state index contributed by atoms with van der Waals surface area (Å²) in [5.41, 5.74) is 3.87. The van der Waals surface area contributed by atoms with E-state index >= 15 is 0 Å². The molecule has 0 spiro atoms.